The van der Waals surface area contributed by atoms with Crippen molar-refractivity contribution in [3.8, 4) is 0 Å². The first-order valence-corrected chi connectivity index (χ1v) is 7.02. The number of nitrogens with zero attached hydrogens (tertiary/aromatic N) is 2. The number of rotatable bonds is 5. The Hall–Kier alpha value is -2.28. The van der Waals surface area contributed by atoms with E-state index in [1.807, 2.05) is 0 Å². The highest BCUT2D eigenvalue weighted by Gasteiger charge is 2.12. The van der Waals surface area contributed by atoms with Crippen molar-refractivity contribution < 1.29 is 14.0 Å². The molecule has 1 heterocycles. The van der Waals surface area contributed by atoms with Crippen LogP contribution in [0.25, 0.3) is 11.1 Å². The predicted molar refractivity (Wildman–Crippen MR) is 81.8 cm³/mol. The molecule has 0 bridgehead atoms. The molecule has 2 rings (SSSR count). The number of amides is 2. The highest BCUT2D eigenvalue weighted by Crippen LogP contribution is 2.18. The average molecular weight is 326 g/mol. The molecule has 1 N–H and O–H groups in total. The number of hydrogen-bond acceptors (Lipinski definition) is 4. The zero-order valence-corrected chi connectivity index (χ0v) is 13.0. The van der Waals surface area contributed by atoms with Crippen LogP contribution in [0.1, 0.15) is 6.42 Å². The van der Waals surface area contributed by atoms with Crippen LogP contribution < -0.4 is 11.1 Å². The Labute approximate surface area is 131 Å². The molecule has 0 unspecified atom stereocenters. The SMILES string of the molecule is CN(C)C(=O)CNC(=O)CCn1c(=O)oc2cc(Cl)ccc21. The van der Waals surface area contributed by atoms with E-state index in [0.29, 0.717) is 16.1 Å². The third kappa shape index (κ3) is 3.67. The van der Waals surface area contributed by atoms with Crippen molar-refractivity contribution >= 4 is 34.5 Å². The highest BCUT2D eigenvalue weighted by molar-refractivity contribution is 6.31. The molecule has 1 aromatic carbocycles. The predicted octanol–water partition coefficient (Wildman–Crippen LogP) is 0.842. The number of aromatic nitrogens is 1. The van der Waals surface area contributed by atoms with Crippen LogP contribution >= 0.6 is 11.6 Å². The molecular formula is C14H16ClN3O4. The minimum absolute atomic E-state index is 0.0670. The standard InChI is InChI=1S/C14H16ClN3O4/c1-17(2)13(20)8-16-12(19)5-6-18-10-4-3-9(15)7-11(10)22-14(18)21/h3-4,7H,5-6,8H2,1-2H3,(H,16,19). The fourth-order valence-electron chi connectivity index (χ4n) is 1.89. The lowest BCUT2D eigenvalue weighted by Gasteiger charge is -2.10. The highest BCUT2D eigenvalue weighted by atomic mass is 35.5. The Morgan fingerprint density at radius 2 is 2.09 bits per heavy atom. The monoisotopic (exact) mass is 325 g/mol. The number of carbonyl (C=O) groups excluding carboxylic acids is 2. The first-order valence-electron chi connectivity index (χ1n) is 6.64. The van der Waals surface area contributed by atoms with Gasteiger partial charge in [0.25, 0.3) is 0 Å². The van der Waals surface area contributed by atoms with Crippen molar-refractivity contribution in [2.45, 2.75) is 13.0 Å². The summed E-state index contributed by atoms with van der Waals surface area (Å²) >= 11 is 5.83. The largest absolute Gasteiger partial charge is 0.419 e. The summed E-state index contributed by atoms with van der Waals surface area (Å²) in [5.74, 6) is -1.06. The van der Waals surface area contributed by atoms with Crippen LogP contribution in [0.2, 0.25) is 5.02 Å². The molecule has 0 aliphatic carbocycles. The molecule has 0 spiro atoms. The summed E-state index contributed by atoms with van der Waals surface area (Å²) in [6.45, 7) is 0.0952. The molecule has 2 aromatic rings. The van der Waals surface area contributed by atoms with Gasteiger partial charge in [-0.05, 0) is 12.1 Å². The maximum Gasteiger partial charge on any atom is 0.419 e. The van der Waals surface area contributed by atoms with Gasteiger partial charge in [0.05, 0.1) is 12.1 Å². The van der Waals surface area contributed by atoms with Gasteiger partial charge in [-0.3, -0.25) is 14.2 Å². The number of fused-ring (bicyclic) bond motifs is 1. The normalized spacial score (nSPS) is 10.7. The van der Waals surface area contributed by atoms with Crippen LogP contribution in [0.3, 0.4) is 0 Å². The summed E-state index contributed by atoms with van der Waals surface area (Å²) in [5, 5.41) is 2.97. The Balaban J connectivity index is 2.00. The van der Waals surface area contributed by atoms with Crippen molar-refractivity contribution in [2.24, 2.45) is 0 Å². The van der Waals surface area contributed by atoms with Crippen LogP contribution in [0.4, 0.5) is 0 Å². The van der Waals surface area contributed by atoms with Gasteiger partial charge in [-0.25, -0.2) is 4.79 Å². The number of carbonyl (C=O) groups is 2. The lowest BCUT2D eigenvalue weighted by Crippen LogP contribution is -2.36. The summed E-state index contributed by atoms with van der Waals surface area (Å²) in [5.41, 5.74) is 0.951. The Morgan fingerprint density at radius 1 is 1.36 bits per heavy atom. The first-order chi connectivity index (χ1) is 10.4. The van der Waals surface area contributed by atoms with Crippen LogP contribution in [-0.2, 0) is 16.1 Å². The second kappa shape index (κ2) is 6.65. The number of oxazole rings is 1. The zero-order valence-electron chi connectivity index (χ0n) is 12.3. The summed E-state index contributed by atoms with van der Waals surface area (Å²) < 4.78 is 6.43. The molecule has 0 fully saturated rings. The van der Waals surface area contributed by atoms with Crippen LogP contribution in [-0.4, -0.2) is 41.9 Å². The van der Waals surface area contributed by atoms with Crippen molar-refractivity contribution in [1.29, 1.82) is 0 Å². The summed E-state index contributed by atoms with van der Waals surface area (Å²) in [6.07, 6.45) is 0.0673. The lowest BCUT2D eigenvalue weighted by atomic mass is 10.3. The second-order valence-electron chi connectivity index (χ2n) is 4.95. The van der Waals surface area contributed by atoms with E-state index < -0.39 is 5.76 Å². The van der Waals surface area contributed by atoms with Gasteiger partial charge in [0.1, 0.15) is 0 Å². The molecule has 7 nitrogen and oxygen atoms in total. The molecule has 22 heavy (non-hydrogen) atoms. The van der Waals surface area contributed by atoms with Gasteiger partial charge in [-0.2, -0.15) is 0 Å². The number of halogens is 1. The minimum atomic E-state index is -0.547. The summed E-state index contributed by atoms with van der Waals surface area (Å²) in [7, 11) is 3.22. The summed E-state index contributed by atoms with van der Waals surface area (Å²) in [6, 6.07) is 4.85. The van der Waals surface area contributed by atoms with E-state index in [1.54, 1.807) is 32.3 Å². The third-order valence-corrected chi connectivity index (χ3v) is 3.36. The van der Waals surface area contributed by atoms with E-state index in [-0.39, 0.29) is 31.3 Å². The quantitative estimate of drug-likeness (QED) is 0.883. The maximum absolute atomic E-state index is 11.8. The lowest BCUT2D eigenvalue weighted by molar-refractivity contribution is -0.130. The molecular weight excluding hydrogens is 310 g/mol. The molecule has 1 aromatic heterocycles. The van der Waals surface area contributed by atoms with E-state index in [9.17, 15) is 14.4 Å². The fourth-order valence-corrected chi connectivity index (χ4v) is 2.05. The molecule has 0 atom stereocenters. The van der Waals surface area contributed by atoms with E-state index >= 15 is 0 Å². The van der Waals surface area contributed by atoms with Gasteiger partial charge in [0, 0.05) is 38.1 Å². The van der Waals surface area contributed by atoms with Gasteiger partial charge < -0.3 is 14.6 Å². The number of hydrogen-bond donors (Lipinski definition) is 1. The summed E-state index contributed by atoms with van der Waals surface area (Å²) in [4.78, 5) is 36.3. The molecule has 2 amide bonds. The minimum Gasteiger partial charge on any atom is -0.408 e. The van der Waals surface area contributed by atoms with Gasteiger partial charge in [0.2, 0.25) is 11.8 Å². The van der Waals surface area contributed by atoms with E-state index in [4.69, 9.17) is 16.0 Å². The molecule has 8 heteroatoms. The zero-order chi connectivity index (χ0) is 16.3. The van der Waals surface area contributed by atoms with Crippen molar-refractivity contribution in [3.63, 3.8) is 0 Å². The first kappa shape index (κ1) is 16.1. The third-order valence-electron chi connectivity index (χ3n) is 3.13. The van der Waals surface area contributed by atoms with E-state index in [1.165, 1.54) is 9.47 Å². The Kier molecular flexibility index (Phi) is 4.87. The van der Waals surface area contributed by atoms with E-state index in [2.05, 4.69) is 5.32 Å². The molecule has 0 saturated heterocycles. The maximum atomic E-state index is 11.8. The van der Waals surface area contributed by atoms with Crippen molar-refractivity contribution in [1.82, 2.24) is 14.8 Å². The number of nitrogens with one attached hydrogen (secondary N) is 1. The van der Waals surface area contributed by atoms with Gasteiger partial charge >= 0.3 is 5.76 Å². The van der Waals surface area contributed by atoms with Gasteiger partial charge in [-0.1, -0.05) is 11.6 Å². The Bertz CT molecular complexity index is 763. The number of benzene rings is 1. The van der Waals surface area contributed by atoms with Crippen molar-refractivity contribution in [2.75, 3.05) is 20.6 Å². The second-order valence-corrected chi connectivity index (χ2v) is 5.38. The topological polar surface area (TPSA) is 84.5 Å². The average Bonchev–Trinajstić information content (AvgIpc) is 2.76. The van der Waals surface area contributed by atoms with Gasteiger partial charge in [0.15, 0.2) is 5.58 Å². The van der Waals surface area contributed by atoms with Crippen LogP contribution in [0.5, 0.6) is 0 Å². The molecule has 118 valence electrons. The van der Waals surface area contributed by atoms with Crippen LogP contribution in [0.15, 0.2) is 27.4 Å². The molecule has 0 aliphatic rings. The smallest absolute Gasteiger partial charge is 0.408 e. The molecule has 0 radical (unpaired) electrons. The van der Waals surface area contributed by atoms with E-state index in [0.717, 1.165) is 0 Å². The number of aryl methyl sites for hydroxylation is 1. The molecule has 0 saturated carbocycles. The number of likely N-dealkylation sites (N-methyl/N-ethyl adjacent to an activating group) is 1. The van der Waals surface area contributed by atoms with Crippen LogP contribution in [0, 0.1) is 0 Å². The van der Waals surface area contributed by atoms with Gasteiger partial charge in [-0.15, -0.1) is 0 Å². The molecule has 0 aliphatic heterocycles. The Morgan fingerprint density at radius 3 is 2.77 bits per heavy atom. The van der Waals surface area contributed by atoms with Crippen molar-refractivity contribution in [3.05, 3.63) is 33.8 Å². The fraction of sp³-hybridized carbons (Fsp3) is 0.357.